The van der Waals surface area contributed by atoms with Gasteiger partial charge in [-0.25, -0.2) is 0 Å². The molecule has 2 rings (SSSR count). The van der Waals surface area contributed by atoms with Crippen molar-refractivity contribution in [3.63, 3.8) is 0 Å². The van der Waals surface area contributed by atoms with Crippen LogP contribution in [0.15, 0.2) is 17.1 Å². The molecule has 0 aromatic heterocycles. The third-order valence-corrected chi connectivity index (χ3v) is 5.25. The highest BCUT2D eigenvalue weighted by molar-refractivity contribution is 14.0. The van der Waals surface area contributed by atoms with Crippen LogP contribution in [0.1, 0.15) is 44.1 Å². The number of ether oxygens (including phenoxy) is 3. The molecule has 7 heteroatoms. The van der Waals surface area contributed by atoms with Crippen LogP contribution in [0.2, 0.25) is 0 Å². The number of methoxy groups -OCH3 is 3. The molecule has 1 aliphatic rings. The first-order valence-electron chi connectivity index (χ1n) is 9.95. The standard InChI is InChI=1S/C21H35N3O3.HI/c1-22-21(23-14-7-10-16-8-5-6-9-16)24-15-13-17-11-12-18(25-2)20(27-4)19(17)26-3;/h11-12,16H,5-10,13-15H2,1-4H3,(H2,22,23,24);1H. The molecule has 0 atom stereocenters. The summed E-state index contributed by atoms with van der Waals surface area (Å²) in [5.74, 6) is 3.82. The first-order valence-corrected chi connectivity index (χ1v) is 9.95. The molecule has 0 spiro atoms. The van der Waals surface area contributed by atoms with Crippen LogP contribution in [0, 0.1) is 5.92 Å². The summed E-state index contributed by atoms with van der Waals surface area (Å²) in [7, 11) is 6.71. The zero-order chi connectivity index (χ0) is 19.5. The number of nitrogens with one attached hydrogen (secondary N) is 2. The maximum atomic E-state index is 5.54. The predicted molar refractivity (Wildman–Crippen MR) is 126 cm³/mol. The van der Waals surface area contributed by atoms with E-state index in [9.17, 15) is 0 Å². The van der Waals surface area contributed by atoms with E-state index in [1.54, 1.807) is 21.3 Å². The van der Waals surface area contributed by atoms with E-state index in [1.165, 1.54) is 38.5 Å². The SMILES string of the molecule is CN=C(NCCCC1CCCC1)NCCc1ccc(OC)c(OC)c1OC.I. The number of benzene rings is 1. The Morgan fingerprint density at radius 3 is 2.29 bits per heavy atom. The molecule has 1 saturated carbocycles. The van der Waals surface area contributed by atoms with Crippen molar-refractivity contribution in [2.24, 2.45) is 10.9 Å². The molecule has 0 bridgehead atoms. The fourth-order valence-corrected chi connectivity index (χ4v) is 3.79. The third-order valence-electron chi connectivity index (χ3n) is 5.25. The molecule has 1 aromatic carbocycles. The summed E-state index contributed by atoms with van der Waals surface area (Å²) in [6, 6.07) is 3.92. The fraction of sp³-hybridized carbons (Fsp3) is 0.667. The summed E-state index contributed by atoms with van der Waals surface area (Å²) in [5.41, 5.74) is 1.07. The Morgan fingerprint density at radius 2 is 1.68 bits per heavy atom. The molecule has 0 aliphatic heterocycles. The second kappa shape index (κ2) is 13.7. The Balaban J connectivity index is 0.00000392. The molecule has 0 heterocycles. The average molecular weight is 505 g/mol. The van der Waals surface area contributed by atoms with E-state index in [-0.39, 0.29) is 24.0 Å². The van der Waals surface area contributed by atoms with Crippen molar-refractivity contribution in [2.75, 3.05) is 41.5 Å². The van der Waals surface area contributed by atoms with E-state index in [0.29, 0.717) is 11.5 Å². The number of nitrogens with zero attached hydrogens (tertiary/aromatic N) is 1. The van der Waals surface area contributed by atoms with E-state index in [2.05, 4.69) is 15.6 Å². The average Bonchev–Trinajstić information content (AvgIpc) is 3.22. The Morgan fingerprint density at radius 1 is 1.00 bits per heavy atom. The van der Waals surface area contributed by atoms with Gasteiger partial charge in [0.15, 0.2) is 17.5 Å². The molecule has 160 valence electrons. The lowest BCUT2D eigenvalue weighted by Gasteiger charge is -2.17. The van der Waals surface area contributed by atoms with Gasteiger partial charge in [-0.15, -0.1) is 24.0 Å². The van der Waals surface area contributed by atoms with Crippen molar-refractivity contribution in [3.05, 3.63) is 17.7 Å². The number of hydrogen-bond donors (Lipinski definition) is 2. The highest BCUT2D eigenvalue weighted by atomic mass is 127. The van der Waals surface area contributed by atoms with Gasteiger partial charge in [0.1, 0.15) is 0 Å². The Kier molecular flexibility index (Phi) is 12.1. The highest BCUT2D eigenvalue weighted by Crippen LogP contribution is 2.39. The summed E-state index contributed by atoms with van der Waals surface area (Å²) in [6.45, 7) is 1.73. The lowest BCUT2D eigenvalue weighted by Crippen LogP contribution is -2.38. The number of hydrogen-bond acceptors (Lipinski definition) is 4. The quantitative estimate of drug-likeness (QED) is 0.218. The van der Waals surface area contributed by atoms with Crippen molar-refractivity contribution in [3.8, 4) is 17.2 Å². The van der Waals surface area contributed by atoms with Crippen LogP contribution in [-0.2, 0) is 6.42 Å². The molecule has 1 fully saturated rings. The van der Waals surface area contributed by atoms with Crippen LogP contribution in [-0.4, -0.2) is 47.4 Å². The first-order chi connectivity index (χ1) is 13.2. The van der Waals surface area contributed by atoms with Gasteiger partial charge in [0, 0.05) is 25.7 Å². The summed E-state index contributed by atoms with van der Waals surface area (Å²) >= 11 is 0. The molecule has 0 unspecified atom stereocenters. The molecular weight excluding hydrogens is 469 g/mol. The molecule has 28 heavy (non-hydrogen) atoms. The number of rotatable bonds is 10. The Hall–Kier alpha value is -1.38. The Bertz CT molecular complexity index is 605. The van der Waals surface area contributed by atoms with Crippen LogP contribution >= 0.6 is 24.0 Å². The molecule has 0 amide bonds. The Labute approximate surface area is 186 Å². The molecule has 2 N–H and O–H groups in total. The van der Waals surface area contributed by atoms with Crippen molar-refractivity contribution in [1.82, 2.24) is 10.6 Å². The monoisotopic (exact) mass is 505 g/mol. The van der Waals surface area contributed by atoms with Gasteiger partial charge in [0.2, 0.25) is 5.75 Å². The van der Waals surface area contributed by atoms with Gasteiger partial charge in [-0.05, 0) is 31.2 Å². The maximum Gasteiger partial charge on any atom is 0.203 e. The van der Waals surface area contributed by atoms with Crippen LogP contribution in [0.25, 0.3) is 0 Å². The normalized spacial score (nSPS) is 14.4. The van der Waals surface area contributed by atoms with Gasteiger partial charge < -0.3 is 24.8 Å². The topological polar surface area (TPSA) is 64.1 Å². The molecule has 0 saturated heterocycles. The van der Waals surface area contributed by atoms with Gasteiger partial charge in [-0.3, -0.25) is 4.99 Å². The van der Waals surface area contributed by atoms with E-state index < -0.39 is 0 Å². The van der Waals surface area contributed by atoms with Gasteiger partial charge in [0.05, 0.1) is 21.3 Å². The van der Waals surface area contributed by atoms with E-state index in [4.69, 9.17) is 14.2 Å². The van der Waals surface area contributed by atoms with E-state index >= 15 is 0 Å². The van der Waals surface area contributed by atoms with Gasteiger partial charge in [-0.1, -0.05) is 31.7 Å². The lowest BCUT2D eigenvalue weighted by molar-refractivity contribution is 0.322. The molecular formula is C21H36IN3O3. The molecule has 6 nitrogen and oxygen atoms in total. The van der Waals surface area contributed by atoms with Crippen LogP contribution in [0.5, 0.6) is 17.2 Å². The van der Waals surface area contributed by atoms with Crippen molar-refractivity contribution < 1.29 is 14.2 Å². The van der Waals surface area contributed by atoms with Crippen molar-refractivity contribution >= 4 is 29.9 Å². The smallest absolute Gasteiger partial charge is 0.203 e. The van der Waals surface area contributed by atoms with Gasteiger partial charge in [-0.2, -0.15) is 0 Å². The minimum atomic E-state index is 0. The number of guanidine groups is 1. The lowest BCUT2D eigenvalue weighted by atomic mass is 10.0. The molecule has 1 aromatic rings. The maximum absolute atomic E-state index is 5.54. The largest absolute Gasteiger partial charge is 0.493 e. The van der Waals surface area contributed by atoms with Crippen LogP contribution < -0.4 is 24.8 Å². The van der Waals surface area contributed by atoms with E-state index in [0.717, 1.165) is 42.7 Å². The van der Waals surface area contributed by atoms with Gasteiger partial charge >= 0.3 is 0 Å². The summed E-state index contributed by atoms with van der Waals surface area (Å²) in [5, 5.41) is 6.79. The molecule has 1 aliphatic carbocycles. The number of halogens is 1. The summed E-state index contributed by atoms with van der Waals surface area (Å²) in [6.07, 6.45) is 9.00. The zero-order valence-electron chi connectivity index (χ0n) is 17.7. The second-order valence-electron chi connectivity index (χ2n) is 6.96. The van der Waals surface area contributed by atoms with Crippen LogP contribution in [0.3, 0.4) is 0 Å². The predicted octanol–water partition coefficient (Wildman–Crippen LogP) is 4.01. The van der Waals surface area contributed by atoms with E-state index in [1.807, 2.05) is 19.2 Å². The fourth-order valence-electron chi connectivity index (χ4n) is 3.79. The van der Waals surface area contributed by atoms with Crippen LogP contribution in [0.4, 0.5) is 0 Å². The minimum Gasteiger partial charge on any atom is -0.493 e. The highest BCUT2D eigenvalue weighted by Gasteiger charge is 2.16. The summed E-state index contributed by atoms with van der Waals surface area (Å²) < 4.78 is 16.3. The number of aliphatic imine (C=N–C) groups is 1. The van der Waals surface area contributed by atoms with Crippen molar-refractivity contribution in [2.45, 2.75) is 44.9 Å². The minimum absolute atomic E-state index is 0. The third kappa shape index (κ3) is 7.22. The summed E-state index contributed by atoms with van der Waals surface area (Å²) in [4.78, 5) is 4.31. The van der Waals surface area contributed by atoms with Gasteiger partial charge in [0.25, 0.3) is 0 Å². The first kappa shape index (κ1) is 24.7. The molecule has 0 radical (unpaired) electrons. The zero-order valence-corrected chi connectivity index (χ0v) is 20.0. The second-order valence-corrected chi connectivity index (χ2v) is 6.96. The van der Waals surface area contributed by atoms with Crippen molar-refractivity contribution in [1.29, 1.82) is 0 Å².